The Kier molecular flexibility index (Phi) is 4.88. The summed E-state index contributed by atoms with van der Waals surface area (Å²) in [7, 11) is 0. The van der Waals surface area contributed by atoms with Crippen LogP contribution >= 0.6 is 15.9 Å². The van der Waals surface area contributed by atoms with Gasteiger partial charge >= 0.3 is 0 Å². The van der Waals surface area contributed by atoms with Gasteiger partial charge in [0, 0.05) is 11.0 Å². The van der Waals surface area contributed by atoms with Gasteiger partial charge in [-0.05, 0) is 55.6 Å². The minimum atomic E-state index is -0.208. The number of aromatic nitrogens is 2. The van der Waals surface area contributed by atoms with E-state index in [0.717, 1.165) is 46.4 Å². The molecule has 0 bridgehead atoms. The summed E-state index contributed by atoms with van der Waals surface area (Å²) in [6, 6.07) is 16.4. The van der Waals surface area contributed by atoms with Gasteiger partial charge in [-0.2, -0.15) is 0 Å². The number of benzene rings is 2. The third-order valence-electron chi connectivity index (χ3n) is 4.92. The molecule has 3 atom stereocenters. The fourth-order valence-corrected chi connectivity index (χ4v) is 3.89. The molecule has 1 saturated heterocycles. The highest BCUT2D eigenvalue weighted by Crippen LogP contribution is 2.31. The van der Waals surface area contributed by atoms with Gasteiger partial charge in [0.25, 0.3) is 0 Å². The van der Waals surface area contributed by atoms with E-state index in [9.17, 15) is 0 Å². The van der Waals surface area contributed by atoms with Crippen molar-refractivity contribution in [2.24, 2.45) is 5.92 Å². The molecule has 130 valence electrons. The number of ether oxygens (including phenoxy) is 1. The molecule has 0 aliphatic carbocycles. The number of hydrogen-bond acceptors (Lipinski definition) is 3. The van der Waals surface area contributed by atoms with Crippen LogP contribution in [0.3, 0.4) is 0 Å². The summed E-state index contributed by atoms with van der Waals surface area (Å²) in [5.41, 5.74) is 3.11. The monoisotopic (exact) mass is 399 g/mol. The van der Waals surface area contributed by atoms with Gasteiger partial charge in [-0.1, -0.05) is 40.2 Å². The Bertz CT molecular complexity index is 824. The van der Waals surface area contributed by atoms with Crippen LogP contribution in [0.2, 0.25) is 0 Å². The normalized spacial score (nSPS) is 20.0. The second kappa shape index (κ2) is 7.28. The first kappa shape index (κ1) is 16.8. The van der Waals surface area contributed by atoms with Crippen LogP contribution in [0.25, 0.3) is 11.0 Å². The van der Waals surface area contributed by atoms with Gasteiger partial charge in [-0.3, -0.25) is 0 Å². The molecule has 0 saturated carbocycles. The Morgan fingerprint density at radius 1 is 1.20 bits per heavy atom. The lowest BCUT2D eigenvalue weighted by Gasteiger charge is -2.25. The van der Waals surface area contributed by atoms with Gasteiger partial charge < -0.3 is 15.0 Å². The molecule has 0 radical (unpaired) electrons. The number of hydrogen-bond donors (Lipinski definition) is 2. The lowest BCUT2D eigenvalue weighted by Crippen LogP contribution is -2.26. The zero-order valence-electron chi connectivity index (χ0n) is 14.2. The molecule has 2 heterocycles. The maximum Gasteiger partial charge on any atom is 0.141 e. The number of imidazole rings is 1. The quantitative estimate of drug-likeness (QED) is 0.666. The van der Waals surface area contributed by atoms with E-state index in [-0.39, 0.29) is 12.2 Å². The van der Waals surface area contributed by atoms with Gasteiger partial charge in [0.2, 0.25) is 0 Å². The molecule has 0 amide bonds. The highest BCUT2D eigenvalue weighted by atomic mass is 79.9. The highest BCUT2D eigenvalue weighted by molar-refractivity contribution is 9.10. The number of nitrogens with one attached hydrogen (secondary N) is 2. The summed E-state index contributed by atoms with van der Waals surface area (Å²) in [5, 5.41) is 3.43. The van der Waals surface area contributed by atoms with Gasteiger partial charge in [-0.15, -0.1) is 0 Å². The fraction of sp³-hybridized carbons (Fsp3) is 0.350. The molecule has 2 N–H and O–H groups in total. The zero-order chi connectivity index (χ0) is 17.2. The largest absolute Gasteiger partial charge is 0.362 e. The van der Waals surface area contributed by atoms with Crippen molar-refractivity contribution >= 4 is 27.0 Å². The molecule has 1 aliphatic heterocycles. The number of aromatic amines is 1. The lowest BCUT2D eigenvalue weighted by molar-refractivity contribution is -0.0137. The van der Waals surface area contributed by atoms with Gasteiger partial charge in [0.15, 0.2) is 0 Å². The van der Waals surface area contributed by atoms with E-state index in [1.165, 1.54) is 0 Å². The van der Waals surface area contributed by atoms with Gasteiger partial charge in [0.1, 0.15) is 11.9 Å². The maximum absolute atomic E-state index is 6.54. The summed E-state index contributed by atoms with van der Waals surface area (Å²) in [4.78, 5) is 8.23. The molecule has 3 aromatic rings. The number of halogens is 1. The molecule has 1 aromatic heterocycles. The van der Waals surface area contributed by atoms with Crippen molar-refractivity contribution in [2.45, 2.75) is 25.6 Å². The fourth-order valence-electron chi connectivity index (χ4n) is 3.47. The summed E-state index contributed by atoms with van der Waals surface area (Å²) in [6.45, 7) is 4.27. The Labute approximate surface area is 156 Å². The molecular weight excluding hydrogens is 378 g/mol. The Morgan fingerprint density at radius 3 is 2.84 bits per heavy atom. The second-order valence-electron chi connectivity index (χ2n) is 6.67. The van der Waals surface area contributed by atoms with Gasteiger partial charge in [0.05, 0.1) is 17.1 Å². The van der Waals surface area contributed by atoms with Crippen LogP contribution in [0, 0.1) is 5.92 Å². The third-order valence-corrected chi connectivity index (χ3v) is 5.41. The molecule has 1 fully saturated rings. The molecule has 5 heteroatoms. The van der Waals surface area contributed by atoms with Crippen molar-refractivity contribution in [3.05, 3.63) is 64.4 Å². The van der Waals surface area contributed by atoms with Crippen LogP contribution in [0.15, 0.2) is 53.0 Å². The molecule has 3 unspecified atom stereocenters. The molecular formula is C20H22BrN3O. The SMILES string of the molecule is CC(OC(c1cccc(Br)c1)c1nc2ccccc2[nH]1)C1CCNC1. The summed E-state index contributed by atoms with van der Waals surface area (Å²) >= 11 is 3.57. The van der Waals surface area contributed by atoms with Crippen LogP contribution in [-0.4, -0.2) is 29.2 Å². The predicted octanol–water partition coefficient (Wildman–Crippen LogP) is 4.43. The molecule has 4 rings (SSSR count). The predicted molar refractivity (Wildman–Crippen MR) is 104 cm³/mol. The molecule has 25 heavy (non-hydrogen) atoms. The lowest BCUT2D eigenvalue weighted by atomic mass is 10.0. The number of H-pyrrole nitrogens is 1. The van der Waals surface area contributed by atoms with Crippen molar-refractivity contribution in [3.8, 4) is 0 Å². The summed E-state index contributed by atoms with van der Waals surface area (Å²) in [5.74, 6) is 1.40. The Hall–Kier alpha value is -1.69. The summed E-state index contributed by atoms with van der Waals surface area (Å²) < 4.78 is 7.58. The minimum absolute atomic E-state index is 0.159. The van der Waals surface area contributed by atoms with Crippen LogP contribution in [0.5, 0.6) is 0 Å². The van der Waals surface area contributed by atoms with Crippen LogP contribution in [0.4, 0.5) is 0 Å². The number of para-hydroxylation sites is 2. The van der Waals surface area contributed by atoms with E-state index in [0.29, 0.717) is 5.92 Å². The van der Waals surface area contributed by atoms with Crippen LogP contribution in [0.1, 0.15) is 30.8 Å². The standard InChI is InChI=1S/C20H22BrN3O/c1-13(15-9-10-22-12-15)25-19(14-5-4-6-16(21)11-14)20-23-17-7-2-3-8-18(17)24-20/h2-8,11,13,15,19,22H,9-10,12H2,1H3,(H,23,24). The van der Waals surface area contributed by atoms with E-state index < -0.39 is 0 Å². The number of fused-ring (bicyclic) bond motifs is 1. The Balaban J connectivity index is 1.69. The van der Waals surface area contributed by atoms with E-state index >= 15 is 0 Å². The highest BCUT2D eigenvalue weighted by Gasteiger charge is 2.27. The molecule has 2 aromatic carbocycles. The average Bonchev–Trinajstić information content (AvgIpc) is 3.28. The van der Waals surface area contributed by atoms with E-state index in [2.05, 4.69) is 45.3 Å². The summed E-state index contributed by atoms with van der Waals surface area (Å²) in [6.07, 6.45) is 1.11. The second-order valence-corrected chi connectivity index (χ2v) is 7.58. The molecule has 1 aliphatic rings. The first-order chi connectivity index (χ1) is 12.2. The van der Waals surface area contributed by atoms with E-state index in [4.69, 9.17) is 9.72 Å². The van der Waals surface area contributed by atoms with Crippen molar-refractivity contribution in [3.63, 3.8) is 0 Å². The zero-order valence-corrected chi connectivity index (χ0v) is 15.8. The number of nitrogens with zero attached hydrogens (tertiary/aromatic N) is 1. The van der Waals surface area contributed by atoms with Crippen molar-refractivity contribution < 1.29 is 4.74 Å². The van der Waals surface area contributed by atoms with E-state index in [1.807, 2.05) is 36.4 Å². The van der Waals surface area contributed by atoms with Crippen molar-refractivity contribution in [1.29, 1.82) is 0 Å². The molecule has 4 nitrogen and oxygen atoms in total. The van der Waals surface area contributed by atoms with Crippen LogP contribution < -0.4 is 5.32 Å². The smallest absolute Gasteiger partial charge is 0.141 e. The maximum atomic E-state index is 6.54. The average molecular weight is 400 g/mol. The minimum Gasteiger partial charge on any atom is -0.362 e. The third kappa shape index (κ3) is 3.64. The first-order valence-electron chi connectivity index (χ1n) is 8.77. The van der Waals surface area contributed by atoms with Crippen molar-refractivity contribution in [1.82, 2.24) is 15.3 Å². The molecule has 0 spiro atoms. The van der Waals surface area contributed by atoms with Crippen LogP contribution in [-0.2, 0) is 4.74 Å². The van der Waals surface area contributed by atoms with Crippen molar-refractivity contribution in [2.75, 3.05) is 13.1 Å². The number of rotatable bonds is 5. The van der Waals surface area contributed by atoms with E-state index in [1.54, 1.807) is 0 Å². The topological polar surface area (TPSA) is 49.9 Å². The first-order valence-corrected chi connectivity index (χ1v) is 9.56. The van der Waals surface area contributed by atoms with Gasteiger partial charge in [-0.25, -0.2) is 4.98 Å². The Morgan fingerprint density at radius 2 is 2.08 bits per heavy atom.